The fraction of sp³-hybridized carbons (Fsp3) is 0.333. The van der Waals surface area contributed by atoms with Crippen molar-refractivity contribution in [2.45, 2.75) is 20.3 Å². The van der Waals surface area contributed by atoms with E-state index in [1.165, 1.54) is 0 Å². The molecule has 106 valence electrons. The summed E-state index contributed by atoms with van der Waals surface area (Å²) in [4.78, 5) is 11.7. The van der Waals surface area contributed by atoms with Crippen molar-refractivity contribution in [3.05, 3.63) is 30.3 Å². The smallest absolute Gasteiger partial charge is 0.225 e. The van der Waals surface area contributed by atoms with Crippen molar-refractivity contribution in [2.24, 2.45) is 5.92 Å². The van der Waals surface area contributed by atoms with E-state index in [2.05, 4.69) is 15.5 Å². The predicted molar refractivity (Wildman–Crippen MR) is 78.7 cm³/mol. The molecule has 2 N–H and O–H groups in total. The highest BCUT2D eigenvalue weighted by Gasteiger charge is 2.08. The predicted octanol–water partition coefficient (Wildman–Crippen LogP) is 3.07. The van der Waals surface area contributed by atoms with Gasteiger partial charge in [0.25, 0.3) is 0 Å². The summed E-state index contributed by atoms with van der Waals surface area (Å²) in [5.74, 6) is 1.66. The molecule has 20 heavy (non-hydrogen) atoms. The van der Waals surface area contributed by atoms with Crippen LogP contribution in [0.1, 0.15) is 20.3 Å². The molecule has 0 atom stereocenters. The van der Waals surface area contributed by atoms with E-state index in [9.17, 15) is 4.79 Å². The summed E-state index contributed by atoms with van der Waals surface area (Å²) in [6.45, 7) is 4.01. The van der Waals surface area contributed by atoms with Gasteiger partial charge in [-0.15, -0.1) is 0 Å². The molecule has 1 heterocycles. The Morgan fingerprint density at radius 2 is 2.05 bits per heavy atom. The number of hydrogen-bond acceptors (Lipinski definition) is 3. The summed E-state index contributed by atoms with van der Waals surface area (Å²) in [6, 6.07) is 9.46. The second kappa shape index (κ2) is 6.23. The van der Waals surface area contributed by atoms with E-state index in [0.717, 1.165) is 17.0 Å². The second-order valence-electron chi connectivity index (χ2n) is 5.04. The molecule has 0 spiro atoms. The molecule has 2 rings (SSSR count). The largest absolute Gasteiger partial charge is 0.497 e. The zero-order chi connectivity index (χ0) is 14.5. The number of aromatic nitrogens is 2. The van der Waals surface area contributed by atoms with Crippen LogP contribution in [0.5, 0.6) is 5.75 Å². The highest BCUT2D eigenvalue weighted by molar-refractivity contribution is 5.90. The number of aromatic amines is 1. The molecule has 0 radical (unpaired) electrons. The van der Waals surface area contributed by atoms with Gasteiger partial charge in [-0.25, -0.2) is 0 Å². The Morgan fingerprint density at radius 3 is 2.65 bits per heavy atom. The van der Waals surface area contributed by atoms with Crippen molar-refractivity contribution < 1.29 is 9.53 Å². The van der Waals surface area contributed by atoms with Gasteiger partial charge in [0.2, 0.25) is 5.91 Å². The minimum absolute atomic E-state index is 0.0206. The number of nitrogens with zero attached hydrogens (tertiary/aromatic N) is 1. The summed E-state index contributed by atoms with van der Waals surface area (Å²) >= 11 is 0. The molecule has 5 nitrogen and oxygen atoms in total. The van der Waals surface area contributed by atoms with Gasteiger partial charge >= 0.3 is 0 Å². The molecular weight excluding hydrogens is 254 g/mol. The first-order valence-electron chi connectivity index (χ1n) is 6.58. The average Bonchev–Trinajstić information content (AvgIpc) is 2.86. The lowest BCUT2D eigenvalue weighted by Crippen LogP contribution is -2.13. The van der Waals surface area contributed by atoms with E-state index < -0.39 is 0 Å². The van der Waals surface area contributed by atoms with Crippen molar-refractivity contribution in [3.63, 3.8) is 0 Å². The Bertz CT molecular complexity index is 573. The number of carbonyl (C=O) groups excluding carboxylic acids is 1. The van der Waals surface area contributed by atoms with Crippen LogP contribution >= 0.6 is 0 Å². The first-order chi connectivity index (χ1) is 9.58. The van der Waals surface area contributed by atoms with E-state index in [4.69, 9.17) is 4.74 Å². The molecule has 2 aromatic rings. The number of benzene rings is 1. The van der Waals surface area contributed by atoms with Crippen LogP contribution in [0.4, 0.5) is 5.82 Å². The molecule has 0 unspecified atom stereocenters. The molecule has 1 aromatic heterocycles. The van der Waals surface area contributed by atoms with Crippen LogP contribution in [-0.2, 0) is 4.79 Å². The first kappa shape index (κ1) is 14.1. The molecule has 1 aromatic carbocycles. The summed E-state index contributed by atoms with van der Waals surface area (Å²) in [5.41, 5.74) is 1.84. The van der Waals surface area contributed by atoms with Crippen LogP contribution in [0.15, 0.2) is 30.3 Å². The molecular formula is C15H19N3O2. The molecule has 0 aliphatic carbocycles. The molecule has 0 saturated carbocycles. The summed E-state index contributed by atoms with van der Waals surface area (Å²) in [5, 5.41) is 9.79. The lowest BCUT2D eigenvalue weighted by atomic mass is 10.1. The highest BCUT2D eigenvalue weighted by atomic mass is 16.5. The van der Waals surface area contributed by atoms with E-state index in [1.807, 2.05) is 44.2 Å². The van der Waals surface area contributed by atoms with Crippen molar-refractivity contribution >= 4 is 11.7 Å². The van der Waals surface area contributed by atoms with Crippen LogP contribution in [0.3, 0.4) is 0 Å². The number of nitrogens with one attached hydrogen (secondary N) is 2. The first-order valence-corrected chi connectivity index (χ1v) is 6.58. The van der Waals surface area contributed by atoms with Gasteiger partial charge in [-0.1, -0.05) is 13.8 Å². The minimum Gasteiger partial charge on any atom is -0.497 e. The number of amides is 1. The van der Waals surface area contributed by atoms with Gasteiger partial charge in [-0.3, -0.25) is 9.89 Å². The number of carbonyl (C=O) groups is 1. The van der Waals surface area contributed by atoms with Crippen LogP contribution in [0.2, 0.25) is 0 Å². The monoisotopic (exact) mass is 273 g/mol. The number of hydrogen-bond donors (Lipinski definition) is 2. The molecule has 5 heteroatoms. The average molecular weight is 273 g/mol. The molecule has 0 fully saturated rings. The Balaban J connectivity index is 2.06. The number of H-pyrrole nitrogens is 1. The van der Waals surface area contributed by atoms with Crippen molar-refractivity contribution in [3.8, 4) is 17.0 Å². The van der Waals surface area contributed by atoms with Gasteiger partial charge in [0.15, 0.2) is 5.82 Å². The van der Waals surface area contributed by atoms with Crippen molar-refractivity contribution in [1.82, 2.24) is 10.2 Å². The third-order valence-electron chi connectivity index (χ3n) is 2.84. The summed E-state index contributed by atoms with van der Waals surface area (Å²) in [7, 11) is 1.63. The fourth-order valence-electron chi connectivity index (χ4n) is 1.87. The Labute approximate surface area is 118 Å². The normalized spacial score (nSPS) is 10.6. The lowest BCUT2D eigenvalue weighted by molar-refractivity contribution is -0.116. The third-order valence-corrected chi connectivity index (χ3v) is 2.84. The van der Waals surface area contributed by atoms with Gasteiger partial charge in [0, 0.05) is 12.5 Å². The molecule has 0 aliphatic heterocycles. The molecule has 0 aliphatic rings. The van der Waals surface area contributed by atoms with Crippen LogP contribution in [-0.4, -0.2) is 23.2 Å². The third kappa shape index (κ3) is 3.60. The lowest BCUT2D eigenvalue weighted by Gasteiger charge is -2.03. The van der Waals surface area contributed by atoms with E-state index in [1.54, 1.807) is 7.11 Å². The standard InChI is InChI=1S/C15H19N3O2/c1-10(2)8-15(19)16-14-9-13(17-18-14)11-4-6-12(20-3)7-5-11/h4-7,9-10H,8H2,1-3H3,(H2,16,17,18,19). The minimum atomic E-state index is -0.0206. The van der Waals surface area contributed by atoms with E-state index in [0.29, 0.717) is 18.2 Å². The second-order valence-corrected chi connectivity index (χ2v) is 5.04. The number of ether oxygens (including phenoxy) is 1. The van der Waals surface area contributed by atoms with Gasteiger partial charge in [-0.2, -0.15) is 5.10 Å². The van der Waals surface area contributed by atoms with Crippen molar-refractivity contribution in [2.75, 3.05) is 12.4 Å². The van der Waals surface area contributed by atoms with Crippen LogP contribution < -0.4 is 10.1 Å². The van der Waals surface area contributed by atoms with Crippen LogP contribution in [0, 0.1) is 5.92 Å². The SMILES string of the molecule is COc1ccc(-c2cc(NC(=O)CC(C)C)n[nH]2)cc1. The number of anilines is 1. The maximum absolute atomic E-state index is 11.7. The maximum atomic E-state index is 11.7. The topological polar surface area (TPSA) is 67.0 Å². The Hall–Kier alpha value is -2.30. The van der Waals surface area contributed by atoms with E-state index >= 15 is 0 Å². The summed E-state index contributed by atoms with van der Waals surface area (Å²) < 4.78 is 5.12. The van der Waals surface area contributed by atoms with Gasteiger partial charge in [0.1, 0.15) is 5.75 Å². The van der Waals surface area contributed by atoms with Gasteiger partial charge in [0.05, 0.1) is 12.8 Å². The van der Waals surface area contributed by atoms with Crippen molar-refractivity contribution in [1.29, 1.82) is 0 Å². The number of methoxy groups -OCH3 is 1. The Morgan fingerprint density at radius 1 is 1.35 bits per heavy atom. The zero-order valence-electron chi connectivity index (χ0n) is 11.9. The van der Waals surface area contributed by atoms with Gasteiger partial charge < -0.3 is 10.1 Å². The van der Waals surface area contributed by atoms with Crippen LogP contribution in [0.25, 0.3) is 11.3 Å². The quantitative estimate of drug-likeness (QED) is 0.879. The number of rotatable bonds is 5. The molecule has 0 saturated heterocycles. The van der Waals surface area contributed by atoms with E-state index in [-0.39, 0.29) is 5.91 Å². The molecule has 1 amide bonds. The fourth-order valence-corrected chi connectivity index (χ4v) is 1.87. The zero-order valence-corrected chi connectivity index (χ0v) is 11.9. The highest BCUT2D eigenvalue weighted by Crippen LogP contribution is 2.22. The van der Waals surface area contributed by atoms with Gasteiger partial charge in [-0.05, 0) is 35.7 Å². The summed E-state index contributed by atoms with van der Waals surface area (Å²) in [6.07, 6.45) is 0.491. The molecule has 0 bridgehead atoms. The maximum Gasteiger partial charge on any atom is 0.225 e. The Kier molecular flexibility index (Phi) is 4.40.